The number of nitrogens with zero attached hydrogens (tertiary/aromatic N) is 1. The van der Waals surface area contributed by atoms with Crippen molar-refractivity contribution in [1.82, 2.24) is 4.90 Å². The first-order chi connectivity index (χ1) is 9.15. The van der Waals surface area contributed by atoms with Crippen molar-refractivity contribution in [2.45, 2.75) is 26.3 Å². The summed E-state index contributed by atoms with van der Waals surface area (Å²) in [5, 5.41) is 0. The van der Waals surface area contributed by atoms with Crippen LogP contribution in [0.5, 0.6) is 5.75 Å². The lowest BCUT2D eigenvalue weighted by Crippen LogP contribution is -2.39. The second kappa shape index (κ2) is 5.87. The van der Waals surface area contributed by atoms with Gasteiger partial charge in [0.1, 0.15) is 12.0 Å². The highest BCUT2D eigenvalue weighted by Crippen LogP contribution is 2.24. The number of carbonyl (C=O) groups is 2. The molecule has 0 aliphatic carbocycles. The van der Waals surface area contributed by atoms with E-state index in [-0.39, 0.29) is 11.8 Å². The standard InChI is InChI=1S/C15H19NO3/c1-11-4-3-7-16(15(11)18)9-13-8-12(10-17)5-6-14(13)19-2/h5-6,8,10-11H,3-4,7,9H2,1-2H3. The fourth-order valence-electron chi connectivity index (χ4n) is 2.49. The second-order valence-corrected chi connectivity index (χ2v) is 4.99. The molecule has 1 aliphatic rings. The van der Waals surface area contributed by atoms with E-state index < -0.39 is 0 Å². The van der Waals surface area contributed by atoms with Gasteiger partial charge in [0.2, 0.25) is 5.91 Å². The van der Waals surface area contributed by atoms with E-state index in [4.69, 9.17) is 4.74 Å². The van der Waals surface area contributed by atoms with Gasteiger partial charge in [0, 0.05) is 30.1 Å². The van der Waals surface area contributed by atoms with E-state index in [2.05, 4.69) is 0 Å². The predicted octanol–water partition coefficient (Wildman–Crippen LogP) is 2.27. The van der Waals surface area contributed by atoms with Crippen LogP contribution in [0, 0.1) is 5.92 Å². The Kier molecular flexibility index (Phi) is 4.20. The van der Waals surface area contributed by atoms with Gasteiger partial charge in [-0.2, -0.15) is 0 Å². The van der Waals surface area contributed by atoms with Gasteiger partial charge in [-0.25, -0.2) is 0 Å². The summed E-state index contributed by atoms with van der Waals surface area (Å²) < 4.78 is 5.29. The first-order valence-electron chi connectivity index (χ1n) is 6.56. The maximum Gasteiger partial charge on any atom is 0.225 e. The number of rotatable bonds is 4. The third kappa shape index (κ3) is 2.95. The fraction of sp³-hybridized carbons (Fsp3) is 0.467. The van der Waals surface area contributed by atoms with Gasteiger partial charge >= 0.3 is 0 Å². The molecule has 1 aromatic carbocycles. The van der Waals surface area contributed by atoms with Gasteiger partial charge in [0.25, 0.3) is 0 Å². The molecule has 4 heteroatoms. The Hall–Kier alpha value is -1.84. The molecule has 1 heterocycles. The van der Waals surface area contributed by atoms with E-state index in [9.17, 15) is 9.59 Å². The number of likely N-dealkylation sites (tertiary alicyclic amines) is 1. The van der Waals surface area contributed by atoms with Gasteiger partial charge in [0.15, 0.2) is 0 Å². The molecule has 1 unspecified atom stereocenters. The largest absolute Gasteiger partial charge is 0.496 e. The zero-order valence-electron chi connectivity index (χ0n) is 11.4. The SMILES string of the molecule is COc1ccc(C=O)cc1CN1CCCC(C)C1=O. The van der Waals surface area contributed by atoms with E-state index in [1.165, 1.54) is 0 Å². The minimum absolute atomic E-state index is 0.0917. The molecule has 1 aliphatic heterocycles. The van der Waals surface area contributed by atoms with Crippen LogP contribution in [-0.4, -0.2) is 30.7 Å². The van der Waals surface area contributed by atoms with Gasteiger partial charge in [-0.15, -0.1) is 0 Å². The van der Waals surface area contributed by atoms with E-state index in [1.54, 1.807) is 25.3 Å². The Morgan fingerprint density at radius 3 is 2.95 bits per heavy atom. The number of hydrogen-bond donors (Lipinski definition) is 0. The molecule has 0 N–H and O–H groups in total. The fourth-order valence-corrected chi connectivity index (χ4v) is 2.49. The van der Waals surface area contributed by atoms with Crippen molar-refractivity contribution in [2.24, 2.45) is 5.92 Å². The van der Waals surface area contributed by atoms with Crippen LogP contribution in [-0.2, 0) is 11.3 Å². The summed E-state index contributed by atoms with van der Waals surface area (Å²) in [6.07, 6.45) is 2.80. The van der Waals surface area contributed by atoms with E-state index in [0.717, 1.165) is 37.0 Å². The van der Waals surface area contributed by atoms with Crippen LogP contribution in [0.3, 0.4) is 0 Å². The summed E-state index contributed by atoms with van der Waals surface area (Å²) in [7, 11) is 1.60. The Balaban J connectivity index is 2.21. The summed E-state index contributed by atoms with van der Waals surface area (Å²) >= 11 is 0. The summed E-state index contributed by atoms with van der Waals surface area (Å²) in [5.74, 6) is 0.996. The molecule has 2 rings (SSSR count). The number of piperidine rings is 1. The van der Waals surface area contributed by atoms with Gasteiger partial charge in [-0.1, -0.05) is 6.92 Å². The third-order valence-electron chi connectivity index (χ3n) is 3.60. The highest BCUT2D eigenvalue weighted by atomic mass is 16.5. The van der Waals surface area contributed by atoms with E-state index in [0.29, 0.717) is 12.1 Å². The topological polar surface area (TPSA) is 46.6 Å². The molecule has 1 aromatic rings. The van der Waals surface area contributed by atoms with Crippen molar-refractivity contribution >= 4 is 12.2 Å². The minimum atomic E-state index is 0.0917. The van der Waals surface area contributed by atoms with Crippen molar-refractivity contribution in [2.75, 3.05) is 13.7 Å². The molecule has 102 valence electrons. The number of benzene rings is 1. The number of aldehydes is 1. The lowest BCUT2D eigenvalue weighted by molar-refractivity contribution is -0.138. The average Bonchev–Trinajstić information content (AvgIpc) is 2.43. The molecule has 19 heavy (non-hydrogen) atoms. The third-order valence-corrected chi connectivity index (χ3v) is 3.60. The zero-order valence-corrected chi connectivity index (χ0v) is 11.4. The average molecular weight is 261 g/mol. The van der Waals surface area contributed by atoms with Crippen LogP contribution in [0.2, 0.25) is 0 Å². The van der Waals surface area contributed by atoms with Gasteiger partial charge < -0.3 is 9.64 Å². The highest BCUT2D eigenvalue weighted by Gasteiger charge is 2.25. The number of hydrogen-bond acceptors (Lipinski definition) is 3. The van der Waals surface area contributed by atoms with Crippen molar-refractivity contribution < 1.29 is 14.3 Å². The van der Waals surface area contributed by atoms with E-state index >= 15 is 0 Å². The second-order valence-electron chi connectivity index (χ2n) is 4.99. The number of methoxy groups -OCH3 is 1. The smallest absolute Gasteiger partial charge is 0.225 e. The molecule has 0 radical (unpaired) electrons. The van der Waals surface area contributed by atoms with Gasteiger partial charge in [-0.05, 0) is 31.0 Å². The number of amides is 1. The molecule has 1 atom stereocenters. The molecule has 1 fully saturated rings. The first-order valence-corrected chi connectivity index (χ1v) is 6.56. The van der Waals surface area contributed by atoms with E-state index in [1.807, 2.05) is 11.8 Å². The molecule has 1 amide bonds. The van der Waals surface area contributed by atoms with Crippen LogP contribution in [0.15, 0.2) is 18.2 Å². The Labute approximate surface area is 113 Å². The number of carbonyl (C=O) groups excluding carboxylic acids is 2. The molecule has 0 saturated carbocycles. The Bertz CT molecular complexity index is 484. The first kappa shape index (κ1) is 13.6. The molecule has 0 bridgehead atoms. The van der Waals surface area contributed by atoms with Crippen molar-refractivity contribution in [1.29, 1.82) is 0 Å². The Morgan fingerprint density at radius 2 is 2.26 bits per heavy atom. The summed E-state index contributed by atoms with van der Waals surface area (Å²) in [6.45, 7) is 3.25. The quantitative estimate of drug-likeness (QED) is 0.781. The van der Waals surface area contributed by atoms with Crippen molar-refractivity contribution in [3.8, 4) is 5.75 Å². The van der Waals surface area contributed by atoms with Crippen LogP contribution in [0.25, 0.3) is 0 Å². The van der Waals surface area contributed by atoms with Crippen molar-refractivity contribution in [3.05, 3.63) is 29.3 Å². The van der Waals surface area contributed by atoms with Crippen LogP contribution < -0.4 is 4.74 Å². The lowest BCUT2D eigenvalue weighted by Gasteiger charge is -2.31. The zero-order chi connectivity index (χ0) is 13.8. The predicted molar refractivity (Wildman–Crippen MR) is 72.2 cm³/mol. The summed E-state index contributed by atoms with van der Waals surface area (Å²) in [4.78, 5) is 24.8. The summed E-state index contributed by atoms with van der Waals surface area (Å²) in [6, 6.07) is 5.28. The Morgan fingerprint density at radius 1 is 1.47 bits per heavy atom. The van der Waals surface area contributed by atoms with Crippen LogP contribution >= 0.6 is 0 Å². The highest BCUT2D eigenvalue weighted by molar-refractivity contribution is 5.79. The lowest BCUT2D eigenvalue weighted by atomic mass is 9.98. The molecular weight excluding hydrogens is 242 g/mol. The van der Waals surface area contributed by atoms with Gasteiger partial charge in [-0.3, -0.25) is 9.59 Å². The maximum absolute atomic E-state index is 12.1. The normalized spacial score (nSPS) is 19.4. The summed E-state index contributed by atoms with van der Waals surface area (Å²) in [5.41, 5.74) is 1.49. The number of ether oxygens (including phenoxy) is 1. The molecular formula is C15H19NO3. The maximum atomic E-state index is 12.1. The molecule has 4 nitrogen and oxygen atoms in total. The van der Waals surface area contributed by atoms with Gasteiger partial charge in [0.05, 0.1) is 7.11 Å². The molecule has 0 spiro atoms. The molecule has 1 saturated heterocycles. The van der Waals surface area contributed by atoms with Crippen LogP contribution in [0.4, 0.5) is 0 Å². The van der Waals surface area contributed by atoms with Crippen LogP contribution in [0.1, 0.15) is 35.7 Å². The minimum Gasteiger partial charge on any atom is -0.496 e. The molecule has 0 aromatic heterocycles. The van der Waals surface area contributed by atoms with Crippen molar-refractivity contribution in [3.63, 3.8) is 0 Å². The monoisotopic (exact) mass is 261 g/mol.